The van der Waals surface area contributed by atoms with Crippen LogP contribution >= 0.6 is 7.82 Å². The van der Waals surface area contributed by atoms with Gasteiger partial charge in [0.2, 0.25) is 0 Å². The molecule has 1 fully saturated rings. The number of rotatable bonds is 36. The van der Waals surface area contributed by atoms with E-state index in [0.29, 0.717) is 17.6 Å². The van der Waals surface area contributed by atoms with Gasteiger partial charge in [-0.05, 0) is 19.3 Å². The number of fused-ring (bicyclic) bond motifs is 1. The van der Waals surface area contributed by atoms with Crippen molar-refractivity contribution in [3.8, 4) is 0 Å². The average molecular weight is 824 g/mol. The maximum Gasteiger partial charge on any atom is 0.474 e. The zero-order valence-corrected chi connectivity index (χ0v) is 36.7. The molecule has 0 unspecified atom stereocenters. The summed E-state index contributed by atoms with van der Waals surface area (Å²) >= 11 is 0. The van der Waals surface area contributed by atoms with Crippen molar-refractivity contribution in [1.82, 2.24) is 19.5 Å². The Hall–Kier alpha value is -2.15. The summed E-state index contributed by atoms with van der Waals surface area (Å²) in [4.78, 5) is 25.8. The van der Waals surface area contributed by atoms with Crippen molar-refractivity contribution in [2.45, 2.75) is 219 Å². The van der Waals surface area contributed by atoms with Gasteiger partial charge >= 0.3 is 13.8 Å². The van der Waals surface area contributed by atoms with Crippen LogP contribution in [-0.2, 0) is 32.4 Å². The maximum atomic E-state index is 14.1. The number of aliphatic hydroxyl groups is 1. The lowest BCUT2D eigenvalue weighted by Gasteiger charge is -2.23. The van der Waals surface area contributed by atoms with Gasteiger partial charge in [-0.1, -0.05) is 168 Å². The van der Waals surface area contributed by atoms with Crippen LogP contribution in [0, 0.1) is 0 Å². The third-order valence-corrected chi connectivity index (χ3v) is 12.3. The number of nitrogens with zero attached hydrogens (tertiary/aromatic N) is 4. The molecule has 1 saturated heterocycles. The molecule has 0 bridgehead atoms. The molecule has 3 heterocycles. The number of imidazole rings is 1. The highest BCUT2D eigenvalue weighted by Gasteiger charge is 2.49. The second-order valence-corrected chi connectivity index (χ2v) is 17.6. The molecule has 1 aliphatic rings. The minimum absolute atomic E-state index is 0.189. The lowest BCUT2D eigenvalue weighted by atomic mass is 10.1. The van der Waals surface area contributed by atoms with Crippen molar-refractivity contribution in [2.24, 2.45) is 0 Å². The van der Waals surface area contributed by atoms with Gasteiger partial charge in [0.05, 0.1) is 26.1 Å². The van der Waals surface area contributed by atoms with Gasteiger partial charge in [-0.3, -0.25) is 22.9 Å². The SMILES string of the molecule is CCCCCCCCCCCCC(=O)O[C@H]1[C@@H](O)[C@H](n2cnc3c(N)ncnc32)O[C@@H]1COP(=O)(OCCCCCCCCCC)OCCCCCCCCCC. The Kier molecular flexibility index (Phi) is 25.9. The first-order valence-corrected chi connectivity index (χ1v) is 24.3. The predicted octanol–water partition coefficient (Wildman–Crippen LogP) is 11.3. The number of phosphoric ester groups is 1. The molecule has 57 heavy (non-hydrogen) atoms. The fourth-order valence-corrected chi connectivity index (χ4v) is 8.61. The van der Waals surface area contributed by atoms with Crippen LogP contribution in [0.3, 0.4) is 0 Å². The third-order valence-electron chi connectivity index (χ3n) is 10.9. The third kappa shape index (κ3) is 19.2. The molecule has 0 saturated carbocycles. The van der Waals surface area contributed by atoms with Gasteiger partial charge < -0.3 is 20.3 Å². The molecular weight excluding hydrogens is 745 g/mol. The van der Waals surface area contributed by atoms with E-state index in [1.54, 1.807) is 0 Å². The number of hydrogen-bond donors (Lipinski definition) is 2. The fourth-order valence-electron chi connectivity index (χ4n) is 7.35. The number of aromatic nitrogens is 4. The Balaban J connectivity index is 1.61. The molecule has 2 aromatic heterocycles. The van der Waals surface area contributed by atoms with Crippen LogP contribution in [0.1, 0.15) is 200 Å². The van der Waals surface area contributed by atoms with Gasteiger partial charge in [-0.2, -0.15) is 0 Å². The molecule has 2 aromatic rings. The summed E-state index contributed by atoms with van der Waals surface area (Å²) in [6.45, 7) is 6.84. The number of aliphatic hydroxyl groups excluding tert-OH is 1. The predicted molar refractivity (Wildman–Crippen MR) is 227 cm³/mol. The number of anilines is 1. The van der Waals surface area contributed by atoms with Gasteiger partial charge in [0.15, 0.2) is 23.8 Å². The Labute approximate surface area is 343 Å². The summed E-state index contributed by atoms with van der Waals surface area (Å²) in [5.74, 6) is -0.246. The molecule has 0 radical (unpaired) electrons. The molecular formula is C43H78N5O8P. The summed E-state index contributed by atoms with van der Waals surface area (Å²) in [6.07, 6.45) is 27.9. The van der Waals surface area contributed by atoms with E-state index in [1.165, 1.54) is 120 Å². The molecule has 1 aliphatic heterocycles. The van der Waals surface area contributed by atoms with Gasteiger partial charge in [0.1, 0.15) is 24.1 Å². The number of carbonyl (C=O) groups excluding carboxylic acids is 1. The number of esters is 1. The van der Waals surface area contributed by atoms with Crippen LogP contribution in [-0.4, -0.2) is 68.7 Å². The largest absolute Gasteiger partial charge is 0.474 e. The van der Waals surface area contributed by atoms with Crippen LogP contribution in [0.25, 0.3) is 11.2 Å². The molecule has 0 aromatic carbocycles. The van der Waals surface area contributed by atoms with Gasteiger partial charge in [0, 0.05) is 6.42 Å². The number of nitrogen functional groups attached to an aromatic ring is 1. The molecule has 3 N–H and O–H groups in total. The van der Waals surface area contributed by atoms with Gasteiger partial charge in [0.25, 0.3) is 0 Å². The van der Waals surface area contributed by atoms with E-state index in [-0.39, 0.29) is 32.1 Å². The molecule has 328 valence electrons. The number of ether oxygens (including phenoxy) is 2. The zero-order chi connectivity index (χ0) is 41.0. The highest BCUT2D eigenvalue weighted by Crippen LogP contribution is 2.51. The molecule has 3 rings (SSSR count). The molecule has 0 aliphatic carbocycles. The minimum atomic E-state index is -4.02. The topological polar surface area (TPSA) is 170 Å². The van der Waals surface area contributed by atoms with Crippen molar-refractivity contribution in [3.05, 3.63) is 12.7 Å². The van der Waals surface area contributed by atoms with Crippen molar-refractivity contribution >= 4 is 30.8 Å². The average Bonchev–Trinajstić information content (AvgIpc) is 3.77. The monoisotopic (exact) mass is 824 g/mol. The van der Waals surface area contributed by atoms with E-state index in [4.69, 9.17) is 28.8 Å². The number of unbranched alkanes of at least 4 members (excludes halogenated alkanes) is 23. The van der Waals surface area contributed by atoms with Gasteiger partial charge in [-0.25, -0.2) is 19.5 Å². The van der Waals surface area contributed by atoms with E-state index in [2.05, 4.69) is 35.7 Å². The molecule has 13 nitrogen and oxygen atoms in total. The lowest BCUT2D eigenvalue weighted by molar-refractivity contribution is -0.156. The molecule has 14 heteroatoms. The number of phosphoric acid groups is 1. The summed E-state index contributed by atoms with van der Waals surface area (Å²) in [5, 5.41) is 11.6. The number of nitrogens with two attached hydrogens (primary N) is 1. The van der Waals surface area contributed by atoms with E-state index in [1.807, 2.05) is 0 Å². The molecule has 0 spiro atoms. The van der Waals surface area contributed by atoms with E-state index < -0.39 is 38.3 Å². The first-order chi connectivity index (χ1) is 27.8. The summed E-state index contributed by atoms with van der Waals surface area (Å²) in [5.41, 5.74) is 6.75. The van der Waals surface area contributed by atoms with Crippen LogP contribution in [0.4, 0.5) is 5.82 Å². The Bertz CT molecular complexity index is 1360. The van der Waals surface area contributed by atoms with E-state index in [0.717, 1.165) is 57.8 Å². The van der Waals surface area contributed by atoms with Crippen LogP contribution < -0.4 is 5.73 Å². The second kappa shape index (κ2) is 30.0. The highest BCUT2D eigenvalue weighted by atomic mass is 31.2. The standard InChI is InChI=1S/C43H78N5O8P/c1-4-7-10-13-16-19-20-21-24-27-30-37(49)56-40-36(55-43(39(40)50)48-35-47-38-41(44)45-34-46-42(38)48)33-54-57(51,52-31-28-25-22-17-14-11-8-5-2)53-32-29-26-23-18-15-12-9-6-3/h34-36,39-40,43,50H,4-33H2,1-3H3,(H2,44,45,46)/t36-,39-,40-,43-/m1/s1. The summed E-state index contributed by atoms with van der Waals surface area (Å²) in [6, 6.07) is 0. The molecule has 0 amide bonds. The first-order valence-electron chi connectivity index (χ1n) is 22.8. The maximum absolute atomic E-state index is 14.1. The van der Waals surface area contributed by atoms with E-state index >= 15 is 0 Å². The van der Waals surface area contributed by atoms with Crippen molar-refractivity contribution < 1.29 is 37.5 Å². The smallest absolute Gasteiger partial charge is 0.457 e. The fraction of sp³-hybridized carbons (Fsp3) is 0.860. The summed E-state index contributed by atoms with van der Waals surface area (Å²) < 4.78 is 45.6. The van der Waals surface area contributed by atoms with Gasteiger partial charge in [-0.15, -0.1) is 0 Å². The minimum Gasteiger partial charge on any atom is -0.457 e. The Morgan fingerprint density at radius 1 is 0.702 bits per heavy atom. The number of carbonyl (C=O) groups is 1. The van der Waals surface area contributed by atoms with Crippen LogP contribution in [0.15, 0.2) is 12.7 Å². The van der Waals surface area contributed by atoms with Crippen LogP contribution in [0.2, 0.25) is 0 Å². The second-order valence-electron chi connectivity index (χ2n) is 15.9. The van der Waals surface area contributed by atoms with E-state index in [9.17, 15) is 14.5 Å². The van der Waals surface area contributed by atoms with Crippen molar-refractivity contribution in [3.63, 3.8) is 0 Å². The molecule has 4 atom stereocenters. The lowest BCUT2D eigenvalue weighted by Crippen LogP contribution is -2.38. The first kappa shape index (κ1) is 49.2. The Morgan fingerprint density at radius 2 is 1.18 bits per heavy atom. The zero-order valence-electron chi connectivity index (χ0n) is 35.8. The summed E-state index contributed by atoms with van der Waals surface area (Å²) in [7, 11) is -4.02. The number of hydrogen-bond acceptors (Lipinski definition) is 12. The van der Waals surface area contributed by atoms with Crippen LogP contribution in [0.5, 0.6) is 0 Å². The Morgan fingerprint density at radius 3 is 1.68 bits per heavy atom. The highest BCUT2D eigenvalue weighted by molar-refractivity contribution is 7.48. The van der Waals surface area contributed by atoms with Crippen molar-refractivity contribution in [2.75, 3.05) is 25.6 Å². The quantitative estimate of drug-likeness (QED) is 0.0379. The van der Waals surface area contributed by atoms with Crippen molar-refractivity contribution in [1.29, 1.82) is 0 Å². The normalized spacial score (nSPS) is 18.5.